The number of carboxylic acid groups (broad SMARTS) is 1. The summed E-state index contributed by atoms with van der Waals surface area (Å²) in [5, 5.41) is 8.91. The Morgan fingerprint density at radius 3 is 2.72 bits per heavy atom. The molecule has 1 saturated heterocycles. The fourth-order valence-corrected chi connectivity index (χ4v) is 2.55. The SMILES string of the molecule is C=CCOC(=O)N1CCC2(C(=O)O)C(C1)C2(F)F. The molecule has 0 aromatic heterocycles. The van der Waals surface area contributed by atoms with E-state index in [-0.39, 0.29) is 26.1 Å². The molecule has 1 saturated carbocycles. The van der Waals surface area contributed by atoms with Crippen LogP contribution in [0.1, 0.15) is 6.42 Å². The topological polar surface area (TPSA) is 66.8 Å². The Morgan fingerprint density at radius 1 is 1.56 bits per heavy atom. The number of piperidine rings is 1. The van der Waals surface area contributed by atoms with Gasteiger partial charge >= 0.3 is 12.1 Å². The molecule has 0 radical (unpaired) electrons. The zero-order chi connectivity index (χ0) is 13.6. The van der Waals surface area contributed by atoms with Crippen molar-refractivity contribution in [2.75, 3.05) is 19.7 Å². The molecule has 5 nitrogen and oxygen atoms in total. The monoisotopic (exact) mass is 261 g/mol. The molecule has 0 aromatic rings. The molecule has 2 rings (SSSR count). The molecule has 7 heteroatoms. The highest BCUT2D eigenvalue weighted by Crippen LogP contribution is 2.69. The van der Waals surface area contributed by atoms with Crippen molar-refractivity contribution < 1.29 is 28.2 Å². The Bertz CT molecular complexity index is 412. The van der Waals surface area contributed by atoms with Crippen LogP contribution in [0.2, 0.25) is 0 Å². The Kier molecular flexibility index (Phi) is 2.79. The average Bonchev–Trinajstić information content (AvgIpc) is 2.84. The van der Waals surface area contributed by atoms with Gasteiger partial charge in [-0.05, 0) is 6.42 Å². The highest BCUT2D eigenvalue weighted by atomic mass is 19.3. The van der Waals surface area contributed by atoms with Crippen molar-refractivity contribution in [2.45, 2.75) is 12.3 Å². The van der Waals surface area contributed by atoms with Gasteiger partial charge in [0.15, 0.2) is 0 Å². The first-order valence-electron chi connectivity index (χ1n) is 5.51. The quantitative estimate of drug-likeness (QED) is 0.779. The molecule has 1 aliphatic carbocycles. The van der Waals surface area contributed by atoms with Crippen molar-refractivity contribution >= 4 is 12.1 Å². The van der Waals surface area contributed by atoms with Crippen molar-refractivity contribution in [3.8, 4) is 0 Å². The molecule has 1 amide bonds. The predicted molar refractivity (Wildman–Crippen MR) is 56.2 cm³/mol. The van der Waals surface area contributed by atoms with Gasteiger partial charge in [-0.2, -0.15) is 0 Å². The zero-order valence-electron chi connectivity index (χ0n) is 9.57. The van der Waals surface area contributed by atoms with Gasteiger partial charge in [-0.15, -0.1) is 0 Å². The first-order valence-corrected chi connectivity index (χ1v) is 5.51. The minimum atomic E-state index is -3.24. The summed E-state index contributed by atoms with van der Waals surface area (Å²) in [5.41, 5.74) is -1.98. The molecule has 0 spiro atoms. The van der Waals surface area contributed by atoms with Crippen LogP contribution in [-0.4, -0.2) is 47.7 Å². The Balaban J connectivity index is 2.04. The van der Waals surface area contributed by atoms with Crippen LogP contribution in [0.4, 0.5) is 13.6 Å². The van der Waals surface area contributed by atoms with Gasteiger partial charge in [0.05, 0.1) is 5.92 Å². The van der Waals surface area contributed by atoms with Crippen LogP contribution in [0.3, 0.4) is 0 Å². The smallest absolute Gasteiger partial charge is 0.410 e. The molecular formula is C11H13F2NO4. The van der Waals surface area contributed by atoms with E-state index in [1.54, 1.807) is 0 Å². The summed E-state index contributed by atoms with van der Waals surface area (Å²) in [4.78, 5) is 23.5. The number of fused-ring (bicyclic) bond motifs is 1. The van der Waals surface area contributed by atoms with Gasteiger partial charge in [0.2, 0.25) is 0 Å². The molecule has 100 valence electrons. The molecule has 18 heavy (non-hydrogen) atoms. The molecule has 0 bridgehead atoms. The molecule has 2 fully saturated rings. The van der Waals surface area contributed by atoms with E-state index in [1.165, 1.54) is 6.08 Å². The van der Waals surface area contributed by atoms with Crippen LogP contribution in [-0.2, 0) is 9.53 Å². The summed E-state index contributed by atoms with van der Waals surface area (Å²) in [5.74, 6) is -6.05. The van der Waals surface area contributed by atoms with Crippen LogP contribution in [0.5, 0.6) is 0 Å². The van der Waals surface area contributed by atoms with E-state index < -0.39 is 29.3 Å². The highest BCUT2D eigenvalue weighted by Gasteiger charge is 2.86. The van der Waals surface area contributed by atoms with Crippen LogP contribution < -0.4 is 0 Å². The van der Waals surface area contributed by atoms with Crippen LogP contribution in [0, 0.1) is 11.3 Å². The Morgan fingerprint density at radius 2 is 2.22 bits per heavy atom. The van der Waals surface area contributed by atoms with E-state index in [9.17, 15) is 18.4 Å². The number of amides is 1. The molecule has 2 atom stereocenters. The van der Waals surface area contributed by atoms with Gasteiger partial charge in [0.25, 0.3) is 5.92 Å². The third-order valence-electron chi connectivity index (χ3n) is 3.69. The van der Waals surface area contributed by atoms with Crippen molar-refractivity contribution in [3.63, 3.8) is 0 Å². The fourth-order valence-electron chi connectivity index (χ4n) is 2.55. The molecule has 1 heterocycles. The normalized spacial score (nSPS) is 32.3. The summed E-state index contributed by atoms with van der Waals surface area (Å²) in [7, 11) is 0. The van der Waals surface area contributed by atoms with Gasteiger partial charge in [-0.25, -0.2) is 13.6 Å². The maximum absolute atomic E-state index is 13.5. The van der Waals surface area contributed by atoms with E-state index in [2.05, 4.69) is 6.58 Å². The minimum absolute atomic E-state index is 0.000463. The number of ether oxygens (including phenoxy) is 1. The van der Waals surface area contributed by atoms with Crippen molar-refractivity contribution in [1.29, 1.82) is 0 Å². The molecule has 1 N–H and O–H groups in total. The predicted octanol–water partition coefficient (Wildman–Crippen LogP) is 1.35. The number of halogens is 2. The lowest BCUT2D eigenvalue weighted by molar-refractivity contribution is -0.148. The van der Waals surface area contributed by atoms with Crippen LogP contribution >= 0.6 is 0 Å². The molecule has 1 aliphatic heterocycles. The summed E-state index contributed by atoms with van der Waals surface area (Å²) >= 11 is 0. The van der Waals surface area contributed by atoms with E-state index >= 15 is 0 Å². The van der Waals surface area contributed by atoms with E-state index in [0.29, 0.717) is 0 Å². The maximum atomic E-state index is 13.5. The van der Waals surface area contributed by atoms with Crippen molar-refractivity contribution in [3.05, 3.63) is 12.7 Å². The van der Waals surface area contributed by atoms with E-state index in [4.69, 9.17) is 9.84 Å². The number of carbonyl (C=O) groups excluding carboxylic acids is 1. The lowest BCUT2D eigenvalue weighted by Crippen LogP contribution is -2.41. The highest BCUT2D eigenvalue weighted by molar-refractivity contribution is 5.82. The molecule has 0 aromatic carbocycles. The fraction of sp³-hybridized carbons (Fsp3) is 0.636. The molecule has 2 aliphatic rings. The Labute approximate surface area is 102 Å². The number of aliphatic carboxylic acids is 1. The van der Waals surface area contributed by atoms with E-state index in [1.807, 2.05) is 0 Å². The third-order valence-corrected chi connectivity index (χ3v) is 3.69. The summed E-state index contributed by atoms with van der Waals surface area (Å²) in [6.07, 6.45) is 0.412. The Hall–Kier alpha value is -1.66. The zero-order valence-corrected chi connectivity index (χ0v) is 9.57. The number of rotatable bonds is 3. The van der Waals surface area contributed by atoms with E-state index in [0.717, 1.165) is 4.90 Å². The number of nitrogens with zero attached hydrogens (tertiary/aromatic N) is 1. The first kappa shape index (κ1) is 12.8. The number of carboxylic acids is 1. The maximum Gasteiger partial charge on any atom is 0.410 e. The molecule has 2 unspecified atom stereocenters. The molecular weight excluding hydrogens is 248 g/mol. The van der Waals surface area contributed by atoms with Crippen LogP contribution in [0.25, 0.3) is 0 Å². The number of likely N-dealkylation sites (tertiary alicyclic amines) is 1. The van der Waals surface area contributed by atoms with Gasteiger partial charge in [0, 0.05) is 13.1 Å². The lowest BCUT2D eigenvalue weighted by atomic mass is 9.95. The van der Waals surface area contributed by atoms with Gasteiger partial charge < -0.3 is 14.7 Å². The second-order valence-corrected chi connectivity index (χ2v) is 4.51. The second kappa shape index (κ2) is 3.93. The second-order valence-electron chi connectivity index (χ2n) is 4.51. The standard InChI is InChI=1S/C11H13F2NO4/c1-2-5-18-9(17)14-4-3-10(8(15)16)7(6-14)11(10,12)13/h2,7H,1,3-6H2,(H,15,16). The van der Waals surface area contributed by atoms with Crippen molar-refractivity contribution in [2.24, 2.45) is 11.3 Å². The summed E-state index contributed by atoms with van der Waals surface area (Å²) < 4.78 is 31.8. The average molecular weight is 261 g/mol. The lowest BCUT2D eigenvalue weighted by Gasteiger charge is -2.27. The summed E-state index contributed by atoms with van der Waals surface area (Å²) in [6.45, 7) is 3.05. The number of hydrogen-bond acceptors (Lipinski definition) is 3. The number of hydrogen-bond donors (Lipinski definition) is 1. The third kappa shape index (κ3) is 1.49. The first-order chi connectivity index (χ1) is 8.38. The van der Waals surface area contributed by atoms with Crippen LogP contribution in [0.15, 0.2) is 12.7 Å². The van der Waals surface area contributed by atoms with Gasteiger partial charge in [0.1, 0.15) is 12.0 Å². The number of carbonyl (C=O) groups is 2. The largest absolute Gasteiger partial charge is 0.481 e. The minimum Gasteiger partial charge on any atom is -0.481 e. The summed E-state index contributed by atoms with van der Waals surface area (Å²) in [6, 6.07) is 0. The van der Waals surface area contributed by atoms with Gasteiger partial charge in [-0.1, -0.05) is 12.7 Å². The number of alkyl halides is 2. The van der Waals surface area contributed by atoms with Gasteiger partial charge in [-0.3, -0.25) is 4.79 Å². The van der Waals surface area contributed by atoms with Crippen molar-refractivity contribution in [1.82, 2.24) is 4.90 Å².